The molecule has 1 aliphatic rings. The molecule has 2 N–H and O–H groups in total. The second kappa shape index (κ2) is 4.25. The van der Waals surface area contributed by atoms with E-state index in [-0.39, 0.29) is 24.5 Å². The number of carbonyl (C=O) groups excluding carboxylic acids is 2. The van der Waals surface area contributed by atoms with Gasteiger partial charge in [-0.2, -0.15) is 0 Å². The Morgan fingerprint density at radius 1 is 1.47 bits per heavy atom. The number of anilines is 1. The molecule has 1 heterocycles. The van der Waals surface area contributed by atoms with E-state index in [4.69, 9.17) is 5.11 Å². The molecule has 17 heavy (non-hydrogen) atoms. The fourth-order valence-electron chi connectivity index (χ4n) is 1.71. The number of hydrogen-bond acceptors (Lipinski definition) is 5. The highest BCUT2D eigenvalue weighted by Crippen LogP contribution is 2.32. The van der Waals surface area contributed by atoms with Crippen molar-refractivity contribution in [2.24, 2.45) is 5.92 Å². The van der Waals surface area contributed by atoms with Crippen LogP contribution in [-0.2, 0) is 16.0 Å². The second-order valence-electron chi connectivity index (χ2n) is 3.84. The lowest BCUT2D eigenvalue weighted by Gasteiger charge is -2.15. The highest BCUT2D eigenvalue weighted by atomic mass is 32.1. The van der Waals surface area contributed by atoms with Gasteiger partial charge in [-0.3, -0.25) is 14.4 Å². The number of Topliss-reactive ketones (excluding diaryl/α,β-unsaturated/α-hetero) is 1. The van der Waals surface area contributed by atoms with E-state index in [1.54, 1.807) is 0 Å². The molecule has 0 fully saturated rings. The minimum Gasteiger partial charge on any atom is -0.481 e. The molecule has 1 aliphatic carbocycles. The first-order valence-electron chi connectivity index (χ1n) is 5.00. The minimum atomic E-state index is -0.988. The molecule has 0 aliphatic heterocycles. The number of carbonyl (C=O) groups is 3. The lowest BCUT2D eigenvalue weighted by atomic mass is 9.90. The van der Waals surface area contributed by atoms with E-state index in [1.165, 1.54) is 6.92 Å². The average Bonchev–Trinajstić information content (AvgIpc) is 2.59. The lowest BCUT2D eigenvalue weighted by Crippen LogP contribution is -2.25. The number of fused-ring (bicyclic) bond motifs is 1. The number of aliphatic carboxylic acids is 1. The molecule has 1 aromatic heterocycles. The van der Waals surface area contributed by atoms with E-state index in [1.807, 2.05) is 0 Å². The molecule has 0 aromatic carbocycles. The van der Waals surface area contributed by atoms with Crippen LogP contribution in [0.2, 0.25) is 0 Å². The molecule has 0 unspecified atom stereocenters. The third kappa shape index (κ3) is 2.33. The van der Waals surface area contributed by atoms with E-state index in [0.717, 1.165) is 11.3 Å². The van der Waals surface area contributed by atoms with Gasteiger partial charge in [-0.15, -0.1) is 0 Å². The molecule has 90 valence electrons. The Morgan fingerprint density at radius 3 is 2.76 bits per heavy atom. The number of amides is 1. The number of rotatable bonds is 2. The van der Waals surface area contributed by atoms with Gasteiger partial charge in [0, 0.05) is 19.8 Å². The minimum absolute atomic E-state index is 0.00401. The van der Waals surface area contributed by atoms with Gasteiger partial charge in [0.25, 0.3) is 0 Å². The first-order chi connectivity index (χ1) is 7.97. The fraction of sp³-hybridized carbons (Fsp3) is 0.400. The summed E-state index contributed by atoms with van der Waals surface area (Å²) in [5.74, 6) is -2.17. The maximum absolute atomic E-state index is 11.7. The summed E-state index contributed by atoms with van der Waals surface area (Å²) in [7, 11) is 0. The van der Waals surface area contributed by atoms with Crippen molar-refractivity contribution in [3.8, 4) is 0 Å². The molecule has 0 spiro atoms. The number of nitrogens with zero attached hydrogens (tertiary/aromatic N) is 1. The molecule has 1 amide bonds. The Balaban J connectivity index is 2.29. The van der Waals surface area contributed by atoms with E-state index >= 15 is 0 Å². The van der Waals surface area contributed by atoms with Gasteiger partial charge in [0.1, 0.15) is 0 Å². The van der Waals surface area contributed by atoms with Crippen LogP contribution in [-0.4, -0.2) is 27.8 Å². The molecule has 0 bridgehead atoms. The smallest absolute Gasteiger partial charge is 0.307 e. The molecule has 7 heteroatoms. The zero-order valence-corrected chi connectivity index (χ0v) is 9.84. The van der Waals surface area contributed by atoms with Gasteiger partial charge in [-0.25, -0.2) is 4.98 Å². The first kappa shape index (κ1) is 11.7. The normalized spacial score (nSPS) is 18.6. The summed E-state index contributed by atoms with van der Waals surface area (Å²) in [6.07, 6.45) is 0.247. The van der Waals surface area contributed by atoms with Crippen molar-refractivity contribution < 1.29 is 19.5 Å². The highest BCUT2D eigenvalue weighted by molar-refractivity contribution is 7.17. The molecular weight excluding hydrogens is 244 g/mol. The van der Waals surface area contributed by atoms with Crippen molar-refractivity contribution in [2.45, 2.75) is 19.8 Å². The van der Waals surface area contributed by atoms with E-state index < -0.39 is 11.9 Å². The van der Waals surface area contributed by atoms with Crippen LogP contribution in [0.3, 0.4) is 0 Å². The van der Waals surface area contributed by atoms with Crippen LogP contribution in [0.4, 0.5) is 5.13 Å². The summed E-state index contributed by atoms with van der Waals surface area (Å²) in [5.41, 5.74) is 0.474. The number of ketones is 1. The molecule has 1 aromatic rings. The van der Waals surface area contributed by atoms with Crippen LogP contribution in [0.25, 0.3) is 0 Å². The Kier molecular flexibility index (Phi) is 2.93. The Bertz CT molecular complexity index is 508. The van der Waals surface area contributed by atoms with Gasteiger partial charge in [-0.1, -0.05) is 11.3 Å². The van der Waals surface area contributed by atoms with Gasteiger partial charge in [-0.05, 0) is 0 Å². The third-order valence-electron chi connectivity index (χ3n) is 2.45. The summed E-state index contributed by atoms with van der Waals surface area (Å²) < 4.78 is 0. The lowest BCUT2D eigenvalue weighted by molar-refractivity contribution is -0.141. The summed E-state index contributed by atoms with van der Waals surface area (Å²) in [5, 5.41) is 11.7. The van der Waals surface area contributed by atoms with Gasteiger partial charge in [0.05, 0.1) is 16.5 Å². The first-order valence-corrected chi connectivity index (χ1v) is 5.82. The van der Waals surface area contributed by atoms with Crippen LogP contribution in [0.1, 0.15) is 28.7 Å². The largest absolute Gasteiger partial charge is 0.481 e. The summed E-state index contributed by atoms with van der Waals surface area (Å²) >= 11 is 1.10. The van der Waals surface area contributed by atoms with E-state index in [0.29, 0.717) is 15.7 Å². The Labute approximate surface area is 101 Å². The predicted octanol–water partition coefficient (Wildman–Crippen LogP) is 0.931. The number of thiazole rings is 1. The highest BCUT2D eigenvalue weighted by Gasteiger charge is 2.32. The molecule has 6 nitrogen and oxygen atoms in total. The summed E-state index contributed by atoms with van der Waals surface area (Å²) in [4.78, 5) is 37.9. The molecule has 0 saturated heterocycles. The van der Waals surface area contributed by atoms with Crippen molar-refractivity contribution in [1.82, 2.24) is 4.98 Å². The standard InChI is InChI=1S/C10H10N2O4S/c1-4(13)11-10-12-6-2-5(9(15)16)3-7(14)8(6)17-10/h5H,2-3H2,1H3,(H,15,16)(H,11,12,13)/t5-/m1/s1. The van der Waals surface area contributed by atoms with Crippen molar-refractivity contribution >= 4 is 34.1 Å². The molecular formula is C10H10N2O4S. The zero-order chi connectivity index (χ0) is 12.6. The van der Waals surface area contributed by atoms with Crippen molar-refractivity contribution in [2.75, 3.05) is 5.32 Å². The third-order valence-corrected chi connectivity index (χ3v) is 3.51. The van der Waals surface area contributed by atoms with Crippen LogP contribution in [0.15, 0.2) is 0 Å². The summed E-state index contributed by atoms with van der Waals surface area (Å²) in [6, 6.07) is 0. The average molecular weight is 254 g/mol. The molecule has 0 radical (unpaired) electrons. The maximum atomic E-state index is 11.7. The predicted molar refractivity (Wildman–Crippen MR) is 60.2 cm³/mol. The second-order valence-corrected chi connectivity index (χ2v) is 4.84. The molecule has 2 rings (SSSR count). The van der Waals surface area contributed by atoms with Crippen molar-refractivity contribution in [1.29, 1.82) is 0 Å². The topological polar surface area (TPSA) is 96.4 Å². The number of aromatic nitrogens is 1. The number of carboxylic acids is 1. The summed E-state index contributed by atoms with van der Waals surface area (Å²) in [6.45, 7) is 1.35. The Hall–Kier alpha value is -1.76. The van der Waals surface area contributed by atoms with Crippen molar-refractivity contribution in [3.63, 3.8) is 0 Å². The van der Waals surface area contributed by atoms with Gasteiger partial charge < -0.3 is 10.4 Å². The SMILES string of the molecule is CC(=O)Nc1nc2c(s1)C(=O)C[C@H](C(=O)O)C2. The van der Waals surface area contributed by atoms with Crippen LogP contribution in [0, 0.1) is 5.92 Å². The van der Waals surface area contributed by atoms with Crippen LogP contribution < -0.4 is 5.32 Å². The number of carboxylic acid groups (broad SMARTS) is 1. The zero-order valence-electron chi connectivity index (χ0n) is 9.02. The maximum Gasteiger partial charge on any atom is 0.307 e. The van der Waals surface area contributed by atoms with Crippen LogP contribution >= 0.6 is 11.3 Å². The van der Waals surface area contributed by atoms with Gasteiger partial charge >= 0.3 is 5.97 Å². The quantitative estimate of drug-likeness (QED) is 0.818. The Morgan fingerprint density at radius 2 is 2.18 bits per heavy atom. The van der Waals surface area contributed by atoms with Crippen LogP contribution in [0.5, 0.6) is 0 Å². The van der Waals surface area contributed by atoms with Crippen molar-refractivity contribution in [3.05, 3.63) is 10.6 Å². The van der Waals surface area contributed by atoms with E-state index in [9.17, 15) is 14.4 Å². The fourth-order valence-corrected chi connectivity index (χ4v) is 2.70. The monoisotopic (exact) mass is 254 g/mol. The molecule has 0 saturated carbocycles. The number of nitrogens with one attached hydrogen (secondary N) is 1. The van der Waals surface area contributed by atoms with Gasteiger partial charge in [0.2, 0.25) is 5.91 Å². The molecule has 1 atom stereocenters. The van der Waals surface area contributed by atoms with Gasteiger partial charge in [0.15, 0.2) is 10.9 Å². The van der Waals surface area contributed by atoms with E-state index in [2.05, 4.69) is 10.3 Å². The number of hydrogen-bond donors (Lipinski definition) is 2.